The third kappa shape index (κ3) is 8.08. The molecular weight excluding hydrogens is 586 g/mol. The molecule has 1 fully saturated rings. The van der Waals surface area contributed by atoms with E-state index in [4.69, 9.17) is 14.3 Å². The minimum absolute atomic E-state index is 0.00174. The van der Waals surface area contributed by atoms with E-state index in [1.54, 1.807) is 16.8 Å². The van der Waals surface area contributed by atoms with Crippen LogP contribution in [0.4, 0.5) is 4.79 Å². The summed E-state index contributed by atoms with van der Waals surface area (Å²) in [4.78, 5) is 18.1. The first kappa shape index (κ1) is 30.8. The molecule has 0 spiro atoms. The van der Waals surface area contributed by atoms with E-state index in [1.165, 1.54) is 16.3 Å². The maximum absolute atomic E-state index is 12.5. The summed E-state index contributed by atoms with van der Waals surface area (Å²) in [6.45, 7) is 6.91. The molecule has 1 aromatic heterocycles. The monoisotopic (exact) mass is 623 g/mol. The fourth-order valence-electron chi connectivity index (χ4n) is 5.61. The summed E-state index contributed by atoms with van der Waals surface area (Å²) in [5.41, 5.74) is 3.93. The molecule has 0 radical (unpaired) electrons. The summed E-state index contributed by atoms with van der Waals surface area (Å²) >= 11 is 1.55. The van der Waals surface area contributed by atoms with Crippen LogP contribution < -0.4 is 0 Å². The van der Waals surface area contributed by atoms with Gasteiger partial charge in [0.1, 0.15) is 5.60 Å². The first-order chi connectivity index (χ1) is 21.8. The van der Waals surface area contributed by atoms with Crippen molar-refractivity contribution in [1.29, 1.82) is 0 Å². The van der Waals surface area contributed by atoms with Gasteiger partial charge in [0.05, 0.1) is 24.5 Å². The molecule has 0 aliphatic carbocycles. The Bertz CT molecular complexity index is 1690. The van der Waals surface area contributed by atoms with E-state index in [9.17, 15) is 4.79 Å². The number of aromatic nitrogens is 4. The number of thioether (sulfide) groups is 1. The highest BCUT2D eigenvalue weighted by molar-refractivity contribution is 7.99. The highest BCUT2D eigenvalue weighted by Crippen LogP contribution is 2.40. The van der Waals surface area contributed by atoms with E-state index in [-0.39, 0.29) is 17.3 Å². The summed E-state index contributed by atoms with van der Waals surface area (Å²) in [6, 6.07) is 33.7. The number of piperidine rings is 1. The SMILES string of the molecule is CC(C)(C)OC(=O)ON1CCC(c2ccc(C(Sc3nn[nH]n3)c3ccccc3)cc2)C(OCc2ccc3ccccc3c2)C1. The van der Waals surface area contributed by atoms with Crippen molar-refractivity contribution in [2.75, 3.05) is 13.1 Å². The number of carbonyl (C=O) groups is 1. The van der Waals surface area contributed by atoms with Crippen molar-refractivity contribution in [3.8, 4) is 0 Å². The lowest BCUT2D eigenvalue weighted by molar-refractivity contribution is -0.179. The molecule has 1 N–H and O–H groups in total. The molecule has 0 amide bonds. The fraction of sp³-hybridized carbons (Fsp3) is 0.314. The Morgan fingerprint density at radius 2 is 1.69 bits per heavy atom. The number of aromatic amines is 1. The van der Waals surface area contributed by atoms with Crippen molar-refractivity contribution >= 4 is 28.7 Å². The molecule has 0 bridgehead atoms. The molecule has 10 heteroatoms. The van der Waals surface area contributed by atoms with Crippen LogP contribution >= 0.6 is 11.8 Å². The van der Waals surface area contributed by atoms with Crippen molar-refractivity contribution in [3.05, 3.63) is 119 Å². The fourth-order valence-corrected chi connectivity index (χ4v) is 6.59. The first-order valence-electron chi connectivity index (χ1n) is 15.1. The van der Waals surface area contributed by atoms with Crippen molar-refractivity contribution in [2.24, 2.45) is 0 Å². The maximum atomic E-state index is 12.5. The number of rotatable bonds is 9. The van der Waals surface area contributed by atoms with Crippen molar-refractivity contribution in [3.63, 3.8) is 0 Å². The lowest BCUT2D eigenvalue weighted by Crippen LogP contribution is -2.45. The van der Waals surface area contributed by atoms with Gasteiger partial charge in [-0.1, -0.05) is 103 Å². The lowest BCUT2D eigenvalue weighted by Gasteiger charge is -2.37. The summed E-state index contributed by atoms with van der Waals surface area (Å²) in [5, 5.41) is 19.2. The molecule has 232 valence electrons. The van der Waals surface area contributed by atoms with Gasteiger partial charge in [-0.2, -0.15) is 5.21 Å². The zero-order valence-corrected chi connectivity index (χ0v) is 26.4. The van der Waals surface area contributed by atoms with E-state index in [1.807, 2.05) is 51.1 Å². The van der Waals surface area contributed by atoms with Crippen LogP contribution in [-0.4, -0.2) is 56.6 Å². The summed E-state index contributed by atoms with van der Waals surface area (Å²) < 4.78 is 12.0. The van der Waals surface area contributed by atoms with Gasteiger partial charge in [-0.15, -0.1) is 15.3 Å². The van der Waals surface area contributed by atoms with Gasteiger partial charge in [-0.05, 0) is 71.5 Å². The number of H-pyrrole nitrogens is 1. The van der Waals surface area contributed by atoms with Crippen LogP contribution in [0.25, 0.3) is 10.8 Å². The number of ether oxygens (including phenoxy) is 2. The molecule has 1 saturated heterocycles. The Morgan fingerprint density at radius 1 is 0.956 bits per heavy atom. The number of nitrogens with one attached hydrogen (secondary N) is 1. The van der Waals surface area contributed by atoms with Crippen LogP contribution in [0.1, 0.15) is 60.6 Å². The van der Waals surface area contributed by atoms with Crippen LogP contribution in [0, 0.1) is 0 Å². The largest absolute Gasteiger partial charge is 0.528 e. The molecule has 6 rings (SSSR count). The van der Waals surface area contributed by atoms with Gasteiger partial charge in [-0.3, -0.25) is 0 Å². The molecule has 0 saturated carbocycles. The molecular formula is C35H37N5O4S. The van der Waals surface area contributed by atoms with Gasteiger partial charge < -0.3 is 14.3 Å². The predicted molar refractivity (Wildman–Crippen MR) is 174 cm³/mol. The Morgan fingerprint density at radius 3 is 2.42 bits per heavy atom. The topological polar surface area (TPSA) is 102 Å². The Balaban J connectivity index is 1.21. The number of tetrazole rings is 1. The number of hydroxylamine groups is 2. The number of nitrogens with zero attached hydrogens (tertiary/aromatic N) is 4. The van der Waals surface area contributed by atoms with Crippen LogP contribution in [-0.2, 0) is 20.9 Å². The standard InChI is InChI=1S/C35H37N5O4S/c1-35(2,3)43-34(41)44-40-20-19-30(31(22-40)42-23-24-13-14-25-9-7-8-12-29(25)21-24)26-15-17-28(18-16-26)32(27-10-5-4-6-11-27)45-33-36-38-39-37-33/h4-18,21,30-32H,19-20,22-23H2,1-3H3,(H,36,37,38,39). The Hall–Kier alpha value is -4.25. The van der Waals surface area contributed by atoms with Gasteiger partial charge in [-0.25, -0.2) is 4.79 Å². The van der Waals surface area contributed by atoms with E-state index < -0.39 is 11.8 Å². The number of fused-ring (bicyclic) bond motifs is 1. The van der Waals surface area contributed by atoms with Gasteiger partial charge in [0.25, 0.3) is 0 Å². The molecule has 3 unspecified atom stereocenters. The predicted octanol–water partition coefficient (Wildman–Crippen LogP) is 7.48. The minimum Gasteiger partial charge on any atom is -0.427 e. The number of carbonyl (C=O) groups excluding carboxylic acids is 1. The number of benzene rings is 4. The van der Waals surface area contributed by atoms with Gasteiger partial charge in [0.2, 0.25) is 5.16 Å². The summed E-state index contributed by atoms with van der Waals surface area (Å²) in [5.74, 6) is 0.109. The van der Waals surface area contributed by atoms with E-state index in [2.05, 4.69) is 87.4 Å². The zero-order chi connectivity index (χ0) is 31.2. The highest BCUT2D eigenvalue weighted by atomic mass is 32.2. The zero-order valence-electron chi connectivity index (χ0n) is 25.6. The minimum atomic E-state index is -0.704. The molecule has 2 heterocycles. The van der Waals surface area contributed by atoms with Crippen molar-refractivity contribution in [2.45, 2.75) is 61.8 Å². The molecule has 5 aromatic rings. The highest BCUT2D eigenvalue weighted by Gasteiger charge is 2.34. The Kier molecular flexibility index (Phi) is 9.44. The van der Waals surface area contributed by atoms with Gasteiger partial charge >= 0.3 is 6.16 Å². The van der Waals surface area contributed by atoms with Crippen LogP contribution in [0.15, 0.2) is 102 Å². The third-order valence-electron chi connectivity index (χ3n) is 7.71. The van der Waals surface area contributed by atoms with Crippen LogP contribution in [0.3, 0.4) is 0 Å². The smallest absolute Gasteiger partial charge is 0.427 e. The van der Waals surface area contributed by atoms with Crippen LogP contribution in [0.5, 0.6) is 0 Å². The van der Waals surface area contributed by atoms with E-state index >= 15 is 0 Å². The van der Waals surface area contributed by atoms with Gasteiger partial charge in [0.15, 0.2) is 0 Å². The van der Waals surface area contributed by atoms with E-state index in [0.29, 0.717) is 24.9 Å². The van der Waals surface area contributed by atoms with Crippen LogP contribution in [0.2, 0.25) is 0 Å². The summed E-state index contributed by atoms with van der Waals surface area (Å²) in [7, 11) is 0. The molecule has 45 heavy (non-hydrogen) atoms. The quantitative estimate of drug-likeness (QED) is 0.132. The van der Waals surface area contributed by atoms with Crippen molar-refractivity contribution < 1.29 is 19.1 Å². The second-order valence-corrected chi connectivity index (χ2v) is 13.2. The third-order valence-corrected chi connectivity index (χ3v) is 8.88. The molecule has 3 atom stereocenters. The molecule has 9 nitrogen and oxygen atoms in total. The first-order valence-corrected chi connectivity index (χ1v) is 16.0. The number of hydrogen-bond donors (Lipinski definition) is 1. The molecule has 1 aliphatic rings. The summed E-state index contributed by atoms with van der Waals surface area (Å²) in [6.07, 6.45) is -0.161. The molecule has 1 aliphatic heterocycles. The van der Waals surface area contributed by atoms with Gasteiger partial charge in [0, 0.05) is 12.5 Å². The average Bonchev–Trinajstić information content (AvgIpc) is 3.56. The van der Waals surface area contributed by atoms with E-state index in [0.717, 1.165) is 23.1 Å². The number of hydrogen-bond acceptors (Lipinski definition) is 9. The lowest BCUT2D eigenvalue weighted by atomic mass is 9.86. The normalized spacial score (nSPS) is 18.0. The molecule has 4 aromatic carbocycles. The maximum Gasteiger partial charge on any atom is 0.528 e. The second kappa shape index (κ2) is 13.8. The Labute approximate surface area is 267 Å². The second-order valence-electron chi connectivity index (χ2n) is 12.1. The average molecular weight is 624 g/mol. The van der Waals surface area contributed by atoms with Crippen molar-refractivity contribution in [1.82, 2.24) is 25.7 Å².